The van der Waals surface area contributed by atoms with Crippen LogP contribution in [0, 0.1) is 11.3 Å². The Morgan fingerprint density at radius 2 is 1.81 bits per heavy atom. The fraction of sp³-hybridized carbons (Fsp3) is 0.929. The number of hydrogen-bond donors (Lipinski definition) is 2. The van der Waals surface area contributed by atoms with E-state index in [1.807, 2.05) is 0 Å². The van der Waals surface area contributed by atoms with E-state index >= 15 is 0 Å². The van der Waals surface area contributed by atoms with Gasteiger partial charge in [-0.1, -0.05) is 0 Å². The van der Waals surface area contributed by atoms with Crippen molar-refractivity contribution in [3.05, 3.63) is 0 Å². The molecule has 1 spiro atoms. The Labute approximate surface area is 122 Å². The van der Waals surface area contributed by atoms with Gasteiger partial charge < -0.3 is 15.2 Å². The molecule has 0 atom stereocenters. The molecule has 2 saturated carbocycles. The van der Waals surface area contributed by atoms with Crippen molar-refractivity contribution < 1.29 is 27.8 Å². The van der Waals surface area contributed by atoms with Crippen molar-refractivity contribution in [2.24, 2.45) is 11.3 Å². The first-order valence-corrected chi connectivity index (χ1v) is 7.10. The zero-order chi connectivity index (χ0) is 16.1. The molecular formula is C14H22F3NO3. The molecule has 2 N–H and O–H groups in total. The smallest absolute Gasteiger partial charge is 0.417 e. The summed E-state index contributed by atoms with van der Waals surface area (Å²) in [5, 5.41) is 12.1. The van der Waals surface area contributed by atoms with E-state index in [4.69, 9.17) is 4.74 Å². The summed E-state index contributed by atoms with van der Waals surface area (Å²) in [5.41, 5.74) is -3.46. The summed E-state index contributed by atoms with van der Waals surface area (Å²) in [6.45, 7) is 5.69. The molecule has 0 heterocycles. The maximum atomic E-state index is 12.6. The molecule has 21 heavy (non-hydrogen) atoms. The van der Waals surface area contributed by atoms with Crippen LogP contribution in [0.2, 0.25) is 0 Å². The van der Waals surface area contributed by atoms with Crippen LogP contribution in [0.4, 0.5) is 18.0 Å². The summed E-state index contributed by atoms with van der Waals surface area (Å²) in [4.78, 5) is 11.5. The number of rotatable bonds is 2. The van der Waals surface area contributed by atoms with Crippen LogP contribution < -0.4 is 5.32 Å². The third kappa shape index (κ3) is 3.44. The summed E-state index contributed by atoms with van der Waals surface area (Å²) < 4.78 is 42.8. The highest BCUT2D eigenvalue weighted by atomic mass is 19.4. The quantitative estimate of drug-likeness (QED) is 0.824. The third-order valence-electron chi connectivity index (χ3n) is 4.24. The maximum Gasteiger partial charge on any atom is 0.417 e. The van der Waals surface area contributed by atoms with Gasteiger partial charge in [0.15, 0.2) is 5.60 Å². The number of alkyl carbamates (subject to hydrolysis) is 1. The topological polar surface area (TPSA) is 58.6 Å². The van der Waals surface area contributed by atoms with E-state index < -0.39 is 23.5 Å². The molecule has 2 rings (SSSR count). The Morgan fingerprint density at radius 1 is 1.29 bits per heavy atom. The van der Waals surface area contributed by atoms with Gasteiger partial charge in [-0.2, -0.15) is 13.2 Å². The Balaban J connectivity index is 1.69. The van der Waals surface area contributed by atoms with Gasteiger partial charge >= 0.3 is 12.3 Å². The molecule has 0 aromatic heterocycles. The van der Waals surface area contributed by atoms with Crippen LogP contribution in [0.25, 0.3) is 0 Å². The lowest BCUT2D eigenvalue weighted by atomic mass is 9.46. The maximum absolute atomic E-state index is 12.6. The molecule has 0 aliphatic heterocycles. The fourth-order valence-electron chi connectivity index (χ4n) is 3.53. The van der Waals surface area contributed by atoms with Crippen molar-refractivity contribution in [2.45, 2.75) is 63.8 Å². The first-order valence-electron chi connectivity index (χ1n) is 7.10. The van der Waals surface area contributed by atoms with Gasteiger partial charge in [0.05, 0.1) is 0 Å². The summed E-state index contributed by atoms with van der Waals surface area (Å²) in [7, 11) is 0. The lowest BCUT2D eigenvalue weighted by Crippen LogP contribution is -2.65. The minimum absolute atomic E-state index is 0.162. The lowest BCUT2D eigenvalue weighted by molar-refractivity contribution is -0.330. The number of alkyl halides is 3. The van der Waals surface area contributed by atoms with E-state index in [-0.39, 0.29) is 24.2 Å². The monoisotopic (exact) mass is 309 g/mol. The van der Waals surface area contributed by atoms with Crippen molar-refractivity contribution in [1.29, 1.82) is 0 Å². The molecule has 2 aliphatic rings. The molecule has 0 aromatic carbocycles. The van der Waals surface area contributed by atoms with Gasteiger partial charge in [-0.05, 0) is 57.8 Å². The number of ether oxygens (including phenoxy) is 1. The van der Waals surface area contributed by atoms with Crippen molar-refractivity contribution in [3.63, 3.8) is 0 Å². The van der Waals surface area contributed by atoms with Crippen molar-refractivity contribution in [1.82, 2.24) is 5.32 Å². The van der Waals surface area contributed by atoms with Crippen molar-refractivity contribution >= 4 is 6.09 Å². The van der Waals surface area contributed by atoms with E-state index in [0.717, 1.165) is 0 Å². The zero-order valence-electron chi connectivity index (χ0n) is 12.5. The second-order valence-electron chi connectivity index (χ2n) is 7.54. The Morgan fingerprint density at radius 3 is 2.24 bits per heavy atom. The molecule has 0 unspecified atom stereocenters. The summed E-state index contributed by atoms with van der Waals surface area (Å²) in [6.07, 6.45) is -4.26. The standard InChI is InChI=1S/C14H22F3NO3/c1-11(2,3)21-10(19)18-6-9-4-12(5-9)7-13(20,8-12)14(15,16)17/h9,20H,4-8H2,1-3H3,(H,18,19). The summed E-state index contributed by atoms with van der Waals surface area (Å²) >= 11 is 0. The average molecular weight is 309 g/mol. The van der Waals surface area contributed by atoms with E-state index in [0.29, 0.717) is 19.4 Å². The zero-order valence-corrected chi connectivity index (χ0v) is 12.5. The van der Waals surface area contributed by atoms with Crippen LogP contribution in [-0.2, 0) is 4.74 Å². The average Bonchev–Trinajstić information content (AvgIpc) is 2.14. The van der Waals surface area contributed by atoms with E-state index in [2.05, 4.69) is 5.32 Å². The predicted octanol–water partition coefficient (Wildman–Crippen LogP) is 2.99. The SMILES string of the molecule is CC(C)(C)OC(=O)NCC1CC2(C1)CC(O)(C(F)(F)F)C2. The molecule has 0 bridgehead atoms. The van der Waals surface area contributed by atoms with Gasteiger partial charge in [-0.3, -0.25) is 0 Å². The van der Waals surface area contributed by atoms with E-state index in [9.17, 15) is 23.1 Å². The van der Waals surface area contributed by atoms with Gasteiger partial charge in [0.25, 0.3) is 0 Å². The minimum atomic E-state index is -4.54. The highest BCUT2D eigenvalue weighted by molar-refractivity contribution is 5.67. The van der Waals surface area contributed by atoms with Crippen LogP contribution in [0.15, 0.2) is 0 Å². The summed E-state index contributed by atoms with van der Waals surface area (Å²) in [5.74, 6) is 0.162. The van der Waals surface area contributed by atoms with Gasteiger partial charge in [0, 0.05) is 6.54 Å². The molecule has 0 radical (unpaired) electrons. The number of hydrogen-bond acceptors (Lipinski definition) is 3. The number of carbonyl (C=O) groups excluding carboxylic acids is 1. The number of halogens is 3. The fourth-order valence-corrected chi connectivity index (χ4v) is 3.53. The van der Waals surface area contributed by atoms with Crippen molar-refractivity contribution in [3.8, 4) is 0 Å². The minimum Gasteiger partial charge on any atom is -0.444 e. The summed E-state index contributed by atoms with van der Waals surface area (Å²) in [6, 6.07) is 0. The van der Waals surface area contributed by atoms with Crippen molar-refractivity contribution in [2.75, 3.05) is 6.54 Å². The Bertz CT molecular complexity index is 414. The second-order valence-corrected chi connectivity index (χ2v) is 7.54. The normalized spacial score (nSPS) is 35.9. The molecule has 4 nitrogen and oxygen atoms in total. The molecular weight excluding hydrogens is 287 g/mol. The van der Waals surface area contributed by atoms with E-state index in [1.165, 1.54) is 0 Å². The first kappa shape index (κ1) is 16.4. The molecule has 2 aliphatic carbocycles. The number of carbonyl (C=O) groups is 1. The first-order chi connectivity index (χ1) is 9.34. The number of amides is 1. The van der Waals surface area contributed by atoms with Crippen LogP contribution in [0.3, 0.4) is 0 Å². The highest BCUT2D eigenvalue weighted by Gasteiger charge is 2.69. The largest absolute Gasteiger partial charge is 0.444 e. The van der Waals surface area contributed by atoms with Crippen LogP contribution >= 0.6 is 0 Å². The molecule has 0 aromatic rings. The Hall–Kier alpha value is -0.980. The van der Waals surface area contributed by atoms with Gasteiger partial charge in [0.2, 0.25) is 0 Å². The van der Waals surface area contributed by atoms with Crippen LogP contribution in [-0.4, -0.2) is 35.1 Å². The lowest BCUT2D eigenvalue weighted by Gasteiger charge is -2.61. The molecule has 122 valence electrons. The number of nitrogens with one attached hydrogen (secondary N) is 1. The molecule has 2 fully saturated rings. The number of aliphatic hydroxyl groups is 1. The van der Waals surface area contributed by atoms with Crippen LogP contribution in [0.1, 0.15) is 46.5 Å². The van der Waals surface area contributed by atoms with Gasteiger partial charge in [-0.25, -0.2) is 4.79 Å². The van der Waals surface area contributed by atoms with E-state index in [1.54, 1.807) is 20.8 Å². The molecule has 0 saturated heterocycles. The molecule has 1 amide bonds. The third-order valence-corrected chi connectivity index (χ3v) is 4.24. The molecule has 7 heteroatoms. The van der Waals surface area contributed by atoms with Gasteiger partial charge in [-0.15, -0.1) is 0 Å². The highest BCUT2D eigenvalue weighted by Crippen LogP contribution is 2.65. The Kier molecular flexibility index (Phi) is 3.72. The predicted molar refractivity (Wildman–Crippen MR) is 69.6 cm³/mol. The van der Waals surface area contributed by atoms with Gasteiger partial charge in [0.1, 0.15) is 5.60 Å². The van der Waals surface area contributed by atoms with Crippen LogP contribution in [0.5, 0.6) is 0 Å². The second kappa shape index (κ2) is 4.76.